The fourth-order valence-corrected chi connectivity index (χ4v) is 3.27. The van der Waals surface area contributed by atoms with E-state index in [9.17, 15) is 0 Å². The maximum Gasteiger partial charge on any atom is 0.0776 e. The van der Waals surface area contributed by atoms with E-state index in [4.69, 9.17) is 0 Å². The molecule has 0 saturated heterocycles. The molecule has 3 aromatic rings. The lowest BCUT2D eigenvalue weighted by Gasteiger charge is -2.06. The average Bonchev–Trinajstić information content (AvgIpc) is 3.05. The normalized spacial score (nSPS) is 17.9. The van der Waals surface area contributed by atoms with Crippen molar-refractivity contribution in [2.75, 3.05) is 0 Å². The molecule has 0 saturated carbocycles. The van der Waals surface area contributed by atoms with E-state index in [1.807, 2.05) is 12.3 Å². The van der Waals surface area contributed by atoms with Gasteiger partial charge in [-0.3, -0.25) is 4.98 Å². The van der Waals surface area contributed by atoms with Crippen LogP contribution < -0.4 is 0 Å². The first-order valence-electron chi connectivity index (χ1n) is 7.51. The van der Waals surface area contributed by atoms with Crippen LogP contribution in [0.1, 0.15) is 29.9 Å². The van der Waals surface area contributed by atoms with E-state index in [2.05, 4.69) is 65.7 Å². The van der Waals surface area contributed by atoms with Gasteiger partial charge in [0.25, 0.3) is 0 Å². The Labute approximate surface area is 125 Å². The molecule has 1 atom stereocenters. The van der Waals surface area contributed by atoms with Gasteiger partial charge < -0.3 is 0 Å². The number of aromatic nitrogens is 1. The van der Waals surface area contributed by atoms with Crippen LogP contribution in [0.15, 0.2) is 72.9 Å². The van der Waals surface area contributed by atoms with Crippen molar-refractivity contribution in [2.45, 2.75) is 18.8 Å². The summed E-state index contributed by atoms with van der Waals surface area (Å²) in [4.78, 5) is 4.58. The molecule has 0 bridgehead atoms. The zero-order valence-corrected chi connectivity index (χ0v) is 11.9. The Bertz CT molecular complexity index is 797. The van der Waals surface area contributed by atoms with Crippen LogP contribution in [0, 0.1) is 0 Å². The standard InChI is InChI=1S/C20H17N/c1-2-6-15(7-3-1)17-11-12-18(14-17)19-10-4-8-16-9-5-13-21-20(16)19/h1-10,13-14,17H,11-12H2. The Hall–Kier alpha value is -2.41. The summed E-state index contributed by atoms with van der Waals surface area (Å²) in [5, 5.41) is 1.22. The number of pyridine rings is 1. The molecule has 0 N–H and O–H groups in total. The van der Waals surface area contributed by atoms with E-state index < -0.39 is 0 Å². The van der Waals surface area contributed by atoms with E-state index in [-0.39, 0.29) is 0 Å². The average molecular weight is 271 g/mol. The Balaban J connectivity index is 1.77. The SMILES string of the molecule is C1=C(c2cccc3cccnc23)CCC1c1ccccc1. The molecule has 1 aliphatic rings. The van der Waals surface area contributed by atoms with Crippen LogP contribution in [0.2, 0.25) is 0 Å². The number of para-hydroxylation sites is 1. The van der Waals surface area contributed by atoms with Crippen molar-refractivity contribution >= 4 is 16.5 Å². The summed E-state index contributed by atoms with van der Waals surface area (Å²) in [6.07, 6.45) is 6.65. The van der Waals surface area contributed by atoms with Crippen molar-refractivity contribution in [1.82, 2.24) is 4.98 Å². The van der Waals surface area contributed by atoms with E-state index in [1.165, 1.54) is 28.5 Å². The van der Waals surface area contributed by atoms with Crippen molar-refractivity contribution in [1.29, 1.82) is 0 Å². The fraction of sp³-hybridized carbons (Fsp3) is 0.150. The minimum Gasteiger partial charge on any atom is -0.256 e. The van der Waals surface area contributed by atoms with Gasteiger partial charge in [-0.15, -0.1) is 0 Å². The van der Waals surface area contributed by atoms with Crippen LogP contribution in [0.4, 0.5) is 0 Å². The van der Waals surface area contributed by atoms with Crippen LogP contribution in [-0.4, -0.2) is 4.98 Å². The molecule has 1 aliphatic carbocycles. The van der Waals surface area contributed by atoms with Gasteiger partial charge in [-0.1, -0.05) is 60.7 Å². The maximum absolute atomic E-state index is 4.58. The Kier molecular flexibility index (Phi) is 3.04. The fourth-order valence-electron chi connectivity index (χ4n) is 3.27. The molecule has 1 heteroatoms. The highest BCUT2D eigenvalue weighted by Gasteiger charge is 2.19. The summed E-state index contributed by atoms with van der Waals surface area (Å²) in [5.74, 6) is 0.542. The monoisotopic (exact) mass is 271 g/mol. The molecule has 2 aromatic carbocycles. The third kappa shape index (κ3) is 2.25. The van der Waals surface area contributed by atoms with Crippen LogP contribution in [0.5, 0.6) is 0 Å². The highest BCUT2D eigenvalue weighted by Crippen LogP contribution is 2.39. The predicted molar refractivity (Wildman–Crippen MR) is 88.1 cm³/mol. The summed E-state index contributed by atoms with van der Waals surface area (Å²) in [5.41, 5.74) is 5.28. The van der Waals surface area contributed by atoms with Gasteiger partial charge in [0.05, 0.1) is 5.52 Å². The second-order valence-corrected chi connectivity index (χ2v) is 5.63. The summed E-state index contributed by atoms with van der Waals surface area (Å²) in [6, 6.07) is 21.4. The van der Waals surface area contributed by atoms with Gasteiger partial charge in [0, 0.05) is 23.1 Å². The first-order valence-corrected chi connectivity index (χ1v) is 7.51. The molecular weight excluding hydrogens is 254 g/mol. The van der Waals surface area contributed by atoms with Gasteiger partial charge in [-0.25, -0.2) is 0 Å². The van der Waals surface area contributed by atoms with Crippen molar-refractivity contribution in [3.05, 3.63) is 84.1 Å². The zero-order valence-electron chi connectivity index (χ0n) is 11.9. The van der Waals surface area contributed by atoms with Crippen LogP contribution in [-0.2, 0) is 0 Å². The summed E-state index contributed by atoms with van der Waals surface area (Å²) < 4.78 is 0. The Morgan fingerprint density at radius 3 is 2.62 bits per heavy atom. The molecule has 1 unspecified atom stereocenters. The van der Waals surface area contributed by atoms with Crippen LogP contribution in [0.3, 0.4) is 0 Å². The van der Waals surface area contributed by atoms with Gasteiger partial charge in [-0.05, 0) is 30.0 Å². The van der Waals surface area contributed by atoms with E-state index >= 15 is 0 Å². The molecule has 1 heterocycles. The first kappa shape index (κ1) is 12.3. The maximum atomic E-state index is 4.58. The lowest BCUT2D eigenvalue weighted by Crippen LogP contribution is -1.88. The highest BCUT2D eigenvalue weighted by molar-refractivity contribution is 5.91. The molecule has 4 rings (SSSR count). The molecule has 102 valence electrons. The second kappa shape index (κ2) is 5.17. The zero-order chi connectivity index (χ0) is 14.1. The van der Waals surface area contributed by atoms with Crippen LogP contribution >= 0.6 is 0 Å². The lowest BCUT2D eigenvalue weighted by atomic mass is 9.99. The van der Waals surface area contributed by atoms with Gasteiger partial charge >= 0.3 is 0 Å². The van der Waals surface area contributed by atoms with Crippen molar-refractivity contribution in [2.24, 2.45) is 0 Å². The molecule has 21 heavy (non-hydrogen) atoms. The van der Waals surface area contributed by atoms with Gasteiger partial charge in [0.15, 0.2) is 0 Å². The third-order valence-electron chi connectivity index (χ3n) is 4.33. The van der Waals surface area contributed by atoms with Crippen LogP contribution in [0.25, 0.3) is 16.5 Å². The van der Waals surface area contributed by atoms with Gasteiger partial charge in [-0.2, -0.15) is 0 Å². The molecule has 1 aromatic heterocycles. The number of fused-ring (bicyclic) bond motifs is 1. The number of hydrogen-bond donors (Lipinski definition) is 0. The molecule has 1 nitrogen and oxygen atoms in total. The third-order valence-corrected chi connectivity index (χ3v) is 4.33. The number of nitrogens with zero attached hydrogens (tertiary/aromatic N) is 1. The van der Waals surface area contributed by atoms with E-state index in [0.717, 1.165) is 11.9 Å². The highest BCUT2D eigenvalue weighted by atomic mass is 14.6. The van der Waals surface area contributed by atoms with Crippen molar-refractivity contribution in [3.63, 3.8) is 0 Å². The summed E-state index contributed by atoms with van der Waals surface area (Å²) in [6.45, 7) is 0. The second-order valence-electron chi connectivity index (χ2n) is 5.63. The van der Waals surface area contributed by atoms with Gasteiger partial charge in [0.2, 0.25) is 0 Å². The van der Waals surface area contributed by atoms with E-state index in [0.29, 0.717) is 5.92 Å². The summed E-state index contributed by atoms with van der Waals surface area (Å²) >= 11 is 0. The Morgan fingerprint density at radius 2 is 1.71 bits per heavy atom. The number of allylic oxidation sites excluding steroid dienone is 2. The van der Waals surface area contributed by atoms with Crippen molar-refractivity contribution in [3.8, 4) is 0 Å². The number of benzene rings is 2. The molecule has 0 aliphatic heterocycles. The first-order chi connectivity index (χ1) is 10.4. The minimum atomic E-state index is 0.542. The minimum absolute atomic E-state index is 0.542. The smallest absolute Gasteiger partial charge is 0.0776 e. The predicted octanol–water partition coefficient (Wildman–Crippen LogP) is 5.20. The number of hydrogen-bond acceptors (Lipinski definition) is 1. The largest absolute Gasteiger partial charge is 0.256 e. The molecule has 0 radical (unpaired) electrons. The van der Waals surface area contributed by atoms with Gasteiger partial charge in [0.1, 0.15) is 0 Å². The summed E-state index contributed by atoms with van der Waals surface area (Å²) in [7, 11) is 0. The molecule has 0 amide bonds. The molecular formula is C20H17N. The topological polar surface area (TPSA) is 12.9 Å². The lowest BCUT2D eigenvalue weighted by molar-refractivity contribution is 0.803. The number of rotatable bonds is 2. The molecule has 0 spiro atoms. The van der Waals surface area contributed by atoms with E-state index in [1.54, 1.807) is 0 Å². The Morgan fingerprint density at radius 1 is 0.857 bits per heavy atom. The van der Waals surface area contributed by atoms with Crippen molar-refractivity contribution < 1.29 is 0 Å². The molecule has 0 fully saturated rings. The quantitative estimate of drug-likeness (QED) is 0.624.